The van der Waals surface area contributed by atoms with Crippen LogP contribution >= 0.6 is 0 Å². The maximum atomic E-state index is 13.3. The van der Waals surface area contributed by atoms with E-state index in [4.69, 9.17) is 9.90 Å². The third-order valence-corrected chi connectivity index (χ3v) is 7.15. The Hall–Kier alpha value is -3.53. The molecule has 5 nitrogen and oxygen atoms in total. The number of aliphatic hydroxyl groups excluding tert-OH is 1. The summed E-state index contributed by atoms with van der Waals surface area (Å²) in [4.78, 5) is 13.5. The van der Waals surface area contributed by atoms with Crippen LogP contribution in [0.25, 0.3) is 17.3 Å². The van der Waals surface area contributed by atoms with Crippen LogP contribution in [0, 0.1) is 23.0 Å². The van der Waals surface area contributed by atoms with Crippen LogP contribution in [0.3, 0.4) is 0 Å². The second kappa shape index (κ2) is 10.1. The van der Waals surface area contributed by atoms with E-state index in [1.165, 1.54) is 29.8 Å². The van der Waals surface area contributed by atoms with E-state index in [0.717, 1.165) is 48.3 Å². The van der Waals surface area contributed by atoms with Crippen molar-refractivity contribution in [2.75, 3.05) is 0 Å². The van der Waals surface area contributed by atoms with Crippen molar-refractivity contribution in [2.45, 2.75) is 45.0 Å². The summed E-state index contributed by atoms with van der Waals surface area (Å²) in [6.07, 6.45) is 1.21. The largest absolute Gasteiger partial charge is 0.490 e. The predicted molar refractivity (Wildman–Crippen MR) is 126 cm³/mol. The molecule has 0 spiro atoms. The molecule has 0 bridgehead atoms. The molecule has 0 unspecified atom stereocenters. The maximum absolute atomic E-state index is 13.3. The molecular weight excluding hydrogens is 495 g/mol. The molecule has 2 heterocycles. The van der Waals surface area contributed by atoms with Gasteiger partial charge in [-0.25, -0.2) is 18.6 Å². The minimum atomic E-state index is -5.08. The quantitative estimate of drug-likeness (QED) is 0.392. The first-order valence-corrected chi connectivity index (χ1v) is 11.7. The standard InChI is InChI=1S/C25H24F2N2O.C2HF3O2/c1-25-14-29-15-28-23(16-5-9-19(26)10-6-16)22(29)13-18(25)3-2-4-21(25)24(30)17-7-11-20(27)12-8-17;3-2(4,5)1(6)7/h5-13,15,21,24,30H,2-4,14H2,1H3;(H,6,7)/t21-,24+,25+;/m1./s1. The number of fused-ring (bicyclic) bond motifs is 2. The minimum absolute atomic E-state index is 0.0350. The number of hydrogen-bond acceptors (Lipinski definition) is 3. The summed E-state index contributed by atoms with van der Waals surface area (Å²) < 4.78 is 60.6. The number of halogens is 5. The van der Waals surface area contributed by atoms with Crippen LogP contribution in [0.15, 0.2) is 60.4 Å². The first-order chi connectivity index (χ1) is 17.4. The Labute approximate surface area is 209 Å². The van der Waals surface area contributed by atoms with Crippen LogP contribution in [0.2, 0.25) is 0 Å². The van der Waals surface area contributed by atoms with Gasteiger partial charge in [-0.3, -0.25) is 0 Å². The average Bonchev–Trinajstić information content (AvgIpc) is 3.24. The van der Waals surface area contributed by atoms with E-state index in [1.807, 2.05) is 6.33 Å². The molecule has 0 radical (unpaired) electrons. The highest BCUT2D eigenvalue weighted by Gasteiger charge is 2.46. The molecule has 3 aromatic rings. The summed E-state index contributed by atoms with van der Waals surface area (Å²) in [7, 11) is 0. The Kier molecular flexibility index (Phi) is 7.23. The van der Waals surface area contributed by atoms with E-state index < -0.39 is 18.2 Å². The van der Waals surface area contributed by atoms with Crippen LogP contribution < -0.4 is 0 Å². The highest BCUT2D eigenvalue weighted by molar-refractivity contribution is 5.73. The highest BCUT2D eigenvalue weighted by atomic mass is 19.4. The van der Waals surface area contributed by atoms with Gasteiger partial charge in [-0.2, -0.15) is 13.2 Å². The summed E-state index contributed by atoms with van der Waals surface area (Å²) in [6, 6.07) is 12.6. The number of benzene rings is 2. The molecule has 0 saturated heterocycles. The molecular formula is C27H25F5N2O3. The number of aromatic nitrogens is 2. The molecule has 2 aromatic carbocycles. The summed E-state index contributed by atoms with van der Waals surface area (Å²) >= 11 is 0. The first kappa shape index (κ1) is 26.5. The third kappa shape index (κ3) is 5.44. The zero-order valence-corrected chi connectivity index (χ0v) is 19.8. The van der Waals surface area contributed by atoms with E-state index in [2.05, 4.69) is 22.6 Å². The lowest BCUT2D eigenvalue weighted by molar-refractivity contribution is -0.192. The molecule has 1 saturated carbocycles. The number of carbonyl (C=O) groups is 1. The van der Waals surface area contributed by atoms with E-state index >= 15 is 0 Å². The number of carboxylic acids is 1. The summed E-state index contributed by atoms with van der Waals surface area (Å²) in [5, 5.41) is 18.3. The maximum Gasteiger partial charge on any atom is 0.490 e. The zero-order valence-electron chi connectivity index (χ0n) is 19.8. The topological polar surface area (TPSA) is 75.3 Å². The molecule has 5 rings (SSSR count). The third-order valence-electron chi connectivity index (χ3n) is 7.15. The Morgan fingerprint density at radius 1 is 1.08 bits per heavy atom. The lowest BCUT2D eigenvalue weighted by Crippen LogP contribution is -2.42. The van der Waals surface area contributed by atoms with Gasteiger partial charge < -0.3 is 14.8 Å². The van der Waals surface area contributed by atoms with Crippen LogP contribution in [0.5, 0.6) is 0 Å². The summed E-state index contributed by atoms with van der Waals surface area (Å²) in [6.45, 7) is 2.95. The smallest absolute Gasteiger partial charge is 0.475 e. The number of nitrogens with zero attached hydrogens (tertiary/aromatic N) is 2. The second-order valence-corrected chi connectivity index (χ2v) is 9.50. The molecule has 0 amide bonds. The molecule has 1 aliphatic heterocycles. The fourth-order valence-electron chi connectivity index (χ4n) is 5.23. The monoisotopic (exact) mass is 520 g/mol. The van der Waals surface area contributed by atoms with Gasteiger partial charge in [0.05, 0.1) is 23.8 Å². The van der Waals surface area contributed by atoms with Crippen molar-refractivity contribution in [2.24, 2.45) is 11.3 Å². The molecule has 196 valence electrons. The van der Waals surface area contributed by atoms with E-state index in [9.17, 15) is 27.1 Å². The Bertz CT molecular complexity index is 1300. The fraction of sp³-hybridized carbons (Fsp3) is 0.333. The van der Waals surface area contributed by atoms with Crippen molar-refractivity contribution >= 4 is 12.0 Å². The molecule has 10 heteroatoms. The van der Waals surface area contributed by atoms with Gasteiger partial charge in [0, 0.05) is 17.5 Å². The predicted octanol–water partition coefficient (Wildman–Crippen LogP) is 6.40. The number of aliphatic hydroxyl groups is 1. The highest BCUT2D eigenvalue weighted by Crippen LogP contribution is 2.54. The van der Waals surface area contributed by atoms with E-state index in [1.54, 1.807) is 24.3 Å². The van der Waals surface area contributed by atoms with Gasteiger partial charge in [0.25, 0.3) is 0 Å². The molecule has 2 aliphatic rings. The van der Waals surface area contributed by atoms with E-state index in [0.29, 0.717) is 0 Å². The number of rotatable bonds is 3. The van der Waals surface area contributed by atoms with Crippen LogP contribution in [-0.2, 0) is 11.3 Å². The van der Waals surface area contributed by atoms with Crippen molar-refractivity contribution in [3.63, 3.8) is 0 Å². The van der Waals surface area contributed by atoms with Gasteiger partial charge >= 0.3 is 12.1 Å². The summed E-state index contributed by atoms with van der Waals surface area (Å²) in [5.41, 5.74) is 4.64. The van der Waals surface area contributed by atoms with Gasteiger partial charge in [0.2, 0.25) is 0 Å². The number of hydrogen-bond donors (Lipinski definition) is 2. The van der Waals surface area contributed by atoms with Crippen LogP contribution in [0.1, 0.15) is 43.5 Å². The van der Waals surface area contributed by atoms with Crippen molar-refractivity contribution in [3.05, 3.63) is 83.3 Å². The average molecular weight is 520 g/mol. The molecule has 1 fully saturated rings. The van der Waals surface area contributed by atoms with E-state index in [-0.39, 0.29) is 23.0 Å². The molecule has 3 atom stereocenters. The Morgan fingerprint density at radius 3 is 2.22 bits per heavy atom. The van der Waals surface area contributed by atoms with Crippen LogP contribution in [0.4, 0.5) is 22.0 Å². The van der Waals surface area contributed by atoms with Gasteiger partial charge in [-0.05, 0) is 73.2 Å². The van der Waals surface area contributed by atoms with Crippen LogP contribution in [-0.4, -0.2) is 31.9 Å². The zero-order chi connectivity index (χ0) is 27.0. The van der Waals surface area contributed by atoms with Gasteiger partial charge in [-0.15, -0.1) is 0 Å². The van der Waals surface area contributed by atoms with Gasteiger partial charge in [0.15, 0.2) is 0 Å². The fourth-order valence-corrected chi connectivity index (χ4v) is 5.23. The number of carboxylic acid groups (broad SMARTS) is 1. The molecule has 1 aromatic heterocycles. The van der Waals surface area contributed by atoms with Gasteiger partial charge in [0.1, 0.15) is 11.6 Å². The number of allylic oxidation sites excluding steroid dienone is 1. The molecule has 1 aliphatic carbocycles. The van der Waals surface area contributed by atoms with Crippen molar-refractivity contribution in [3.8, 4) is 11.3 Å². The van der Waals surface area contributed by atoms with Crippen molar-refractivity contribution in [1.82, 2.24) is 9.55 Å². The Balaban J connectivity index is 0.000000405. The number of imidazole rings is 1. The summed E-state index contributed by atoms with van der Waals surface area (Å²) in [5.74, 6) is -3.28. The lowest BCUT2D eigenvalue weighted by Gasteiger charge is -2.48. The molecule has 37 heavy (non-hydrogen) atoms. The van der Waals surface area contributed by atoms with Crippen molar-refractivity contribution < 1.29 is 37.0 Å². The minimum Gasteiger partial charge on any atom is -0.475 e. The number of alkyl halides is 3. The second-order valence-electron chi connectivity index (χ2n) is 9.50. The Morgan fingerprint density at radius 2 is 1.65 bits per heavy atom. The molecule has 2 N–H and O–H groups in total. The normalized spacial score (nSPS) is 21.6. The lowest BCUT2D eigenvalue weighted by atomic mass is 9.60. The first-order valence-electron chi connectivity index (χ1n) is 11.7. The van der Waals surface area contributed by atoms with Crippen molar-refractivity contribution in [1.29, 1.82) is 0 Å². The SMILES string of the molecule is C[C@]12Cn3cnc(-c4ccc(F)cc4)c3C=C1CCC[C@@H]2[C@@H](O)c1ccc(F)cc1.O=C(O)C(F)(F)F. The number of aliphatic carboxylic acids is 1. The van der Waals surface area contributed by atoms with Gasteiger partial charge in [-0.1, -0.05) is 24.6 Å².